The van der Waals surface area contributed by atoms with Crippen LogP contribution in [0.4, 0.5) is 0 Å². The summed E-state index contributed by atoms with van der Waals surface area (Å²) in [5, 5.41) is 0. The first-order valence-electron chi connectivity index (χ1n) is 7.52. The van der Waals surface area contributed by atoms with E-state index in [1.54, 1.807) is 19.1 Å². The van der Waals surface area contributed by atoms with E-state index in [1.807, 2.05) is 20.8 Å². The lowest BCUT2D eigenvalue weighted by Gasteiger charge is -2.13. The number of benzene rings is 1. The van der Waals surface area contributed by atoms with E-state index in [4.69, 9.17) is 9.47 Å². The minimum Gasteiger partial charge on any atom is -0.462 e. The van der Waals surface area contributed by atoms with Gasteiger partial charge in [0.15, 0.2) is 0 Å². The third kappa shape index (κ3) is 4.59. The molecular formula is C17H24O4. The smallest absolute Gasteiger partial charge is 0.339 e. The number of carbonyl (C=O) groups excluding carboxylic acids is 2. The Hall–Kier alpha value is -1.84. The fraction of sp³-hybridized carbons (Fsp3) is 0.529. The lowest BCUT2D eigenvalue weighted by atomic mass is 9.97. The van der Waals surface area contributed by atoms with E-state index in [2.05, 4.69) is 0 Å². The molecule has 0 saturated heterocycles. The summed E-state index contributed by atoms with van der Waals surface area (Å²) in [4.78, 5) is 24.2. The third-order valence-corrected chi connectivity index (χ3v) is 3.30. The molecule has 0 amide bonds. The van der Waals surface area contributed by atoms with E-state index < -0.39 is 11.9 Å². The maximum absolute atomic E-state index is 12.2. The molecule has 116 valence electrons. The Labute approximate surface area is 126 Å². The van der Waals surface area contributed by atoms with Crippen LogP contribution in [0.25, 0.3) is 0 Å². The van der Waals surface area contributed by atoms with Crippen molar-refractivity contribution in [3.8, 4) is 0 Å². The highest BCUT2D eigenvalue weighted by molar-refractivity contribution is 6.03. The second kappa shape index (κ2) is 8.45. The predicted molar refractivity (Wildman–Crippen MR) is 81.7 cm³/mol. The summed E-state index contributed by atoms with van der Waals surface area (Å²) in [6.07, 6.45) is 2.56. The SMILES string of the molecule is CCCCOC(=O)c1cc(CC)c(C)cc1C(=O)OCC. The number of rotatable bonds is 7. The van der Waals surface area contributed by atoms with Gasteiger partial charge in [-0.1, -0.05) is 20.3 Å². The van der Waals surface area contributed by atoms with E-state index in [0.29, 0.717) is 12.2 Å². The zero-order valence-electron chi connectivity index (χ0n) is 13.3. The molecule has 1 aromatic rings. The molecule has 0 unspecified atom stereocenters. The first kappa shape index (κ1) is 17.2. The largest absolute Gasteiger partial charge is 0.462 e. The third-order valence-electron chi connectivity index (χ3n) is 3.30. The molecule has 0 heterocycles. The van der Waals surface area contributed by atoms with Crippen LogP contribution >= 0.6 is 0 Å². The molecule has 1 rings (SSSR count). The van der Waals surface area contributed by atoms with Crippen LogP contribution in [-0.2, 0) is 15.9 Å². The highest BCUT2D eigenvalue weighted by atomic mass is 16.5. The number of carbonyl (C=O) groups is 2. The van der Waals surface area contributed by atoms with Gasteiger partial charge in [-0.15, -0.1) is 0 Å². The van der Waals surface area contributed by atoms with Gasteiger partial charge in [0.2, 0.25) is 0 Å². The predicted octanol–water partition coefficient (Wildman–Crippen LogP) is 3.69. The molecule has 0 N–H and O–H groups in total. The molecule has 4 nitrogen and oxygen atoms in total. The van der Waals surface area contributed by atoms with Crippen molar-refractivity contribution in [2.75, 3.05) is 13.2 Å². The molecule has 0 aliphatic heterocycles. The van der Waals surface area contributed by atoms with Crippen molar-refractivity contribution in [3.05, 3.63) is 34.4 Å². The highest BCUT2D eigenvalue weighted by Gasteiger charge is 2.21. The summed E-state index contributed by atoms with van der Waals surface area (Å²) in [5.74, 6) is -0.938. The quantitative estimate of drug-likeness (QED) is 0.568. The number of esters is 2. The summed E-state index contributed by atoms with van der Waals surface area (Å²) in [6.45, 7) is 8.35. The minimum absolute atomic E-state index is 0.276. The normalized spacial score (nSPS) is 10.3. The van der Waals surface area contributed by atoms with Crippen molar-refractivity contribution < 1.29 is 19.1 Å². The maximum atomic E-state index is 12.2. The van der Waals surface area contributed by atoms with Gasteiger partial charge < -0.3 is 9.47 Å². The Bertz CT molecular complexity index is 506. The molecule has 0 aliphatic rings. The fourth-order valence-electron chi connectivity index (χ4n) is 2.07. The van der Waals surface area contributed by atoms with Gasteiger partial charge in [-0.3, -0.25) is 0 Å². The van der Waals surface area contributed by atoms with E-state index in [1.165, 1.54) is 0 Å². The van der Waals surface area contributed by atoms with Crippen LogP contribution < -0.4 is 0 Å². The van der Waals surface area contributed by atoms with Gasteiger partial charge >= 0.3 is 11.9 Å². The second-order valence-corrected chi connectivity index (χ2v) is 4.89. The molecule has 0 fully saturated rings. The summed E-state index contributed by atoms with van der Waals surface area (Å²) in [6, 6.07) is 3.46. The van der Waals surface area contributed by atoms with Crippen LogP contribution in [0.1, 0.15) is 65.5 Å². The van der Waals surface area contributed by atoms with Crippen LogP contribution in [0, 0.1) is 6.92 Å². The molecule has 0 aromatic heterocycles. The van der Waals surface area contributed by atoms with Crippen molar-refractivity contribution in [1.29, 1.82) is 0 Å². The fourth-order valence-corrected chi connectivity index (χ4v) is 2.07. The lowest BCUT2D eigenvalue weighted by Crippen LogP contribution is -2.15. The van der Waals surface area contributed by atoms with Crippen molar-refractivity contribution in [3.63, 3.8) is 0 Å². The van der Waals surface area contributed by atoms with Gasteiger partial charge in [0.05, 0.1) is 24.3 Å². The molecule has 0 aliphatic carbocycles. The number of unbranched alkanes of at least 4 members (excludes halogenated alkanes) is 1. The van der Waals surface area contributed by atoms with Crippen LogP contribution in [0.2, 0.25) is 0 Å². The summed E-state index contributed by atoms with van der Waals surface area (Å²) in [7, 11) is 0. The molecule has 0 saturated carbocycles. The number of hydrogen-bond donors (Lipinski definition) is 0. The van der Waals surface area contributed by atoms with Gasteiger partial charge in [-0.2, -0.15) is 0 Å². The topological polar surface area (TPSA) is 52.6 Å². The average Bonchev–Trinajstić information content (AvgIpc) is 2.47. The molecular weight excluding hydrogens is 268 g/mol. The van der Waals surface area contributed by atoms with E-state index in [-0.39, 0.29) is 12.2 Å². The molecule has 21 heavy (non-hydrogen) atoms. The van der Waals surface area contributed by atoms with Gasteiger partial charge in [0, 0.05) is 0 Å². The Morgan fingerprint density at radius 3 is 2.19 bits per heavy atom. The highest BCUT2D eigenvalue weighted by Crippen LogP contribution is 2.19. The van der Waals surface area contributed by atoms with Crippen molar-refractivity contribution in [2.24, 2.45) is 0 Å². The Morgan fingerprint density at radius 2 is 1.62 bits per heavy atom. The monoisotopic (exact) mass is 292 g/mol. The number of aryl methyl sites for hydroxylation is 2. The van der Waals surface area contributed by atoms with Crippen LogP contribution in [0.5, 0.6) is 0 Å². The Kier molecular flexibility index (Phi) is 6.92. The molecule has 0 bridgehead atoms. The average molecular weight is 292 g/mol. The minimum atomic E-state index is -0.481. The van der Waals surface area contributed by atoms with E-state index in [0.717, 1.165) is 30.4 Å². The van der Waals surface area contributed by atoms with Gasteiger partial charge in [-0.05, 0) is 49.9 Å². The molecule has 0 atom stereocenters. The van der Waals surface area contributed by atoms with Crippen LogP contribution in [0.15, 0.2) is 12.1 Å². The van der Waals surface area contributed by atoms with Crippen molar-refractivity contribution in [1.82, 2.24) is 0 Å². The zero-order chi connectivity index (χ0) is 15.8. The van der Waals surface area contributed by atoms with Crippen molar-refractivity contribution >= 4 is 11.9 Å². The van der Waals surface area contributed by atoms with Gasteiger partial charge in [0.25, 0.3) is 0 Å². The van der Waals surface area contributed by atoms with Crippen molar-refractivity contribution in [2.45, 2.75) is 47.0 Å². The maximum Gasteiger partial charge on any atom is 0.339 e. The molecule has 1 aromatic carbocycles. The zero-order valence-corrected chi connectivity index (χ0v) is 13.3. The van der Waals surface area contributed by atoms with Gasteiger partial charge in [0.1, 0.15) is 0 Å². The number of hydrogen-bond acceptors (Lipinski definition) is 4. The molecule has 4 heteroatoms. The summed E-state index contributed by atoms with van der Waals surface area (Å²) in [5.41, 5.74) is 2.59. The first-order valence-corrected chi connectivity index (χ1v) is 7.52. The molecule has 0 radical (unpaired) electrons. The summed E-state index contributed by atoms with van der Waals surface area (Å²) < 4.78 is 10.3. The van der Waals surface area contributed by atoms with Gasteiger partial charge in [-0.25, -0.2) is 9.59 Å². The Balaban J connectivity index is 3.12. The van der Waals surface area contributed by atoms with Crippen LogP contribution in [-0.4, -0.2) is 25.2 Å². The van der Waals surface area contributed by atoms with E-state index in [9.17, 15) is 9.59 Å². The first-order chi connectivity index (χ1) is 10.0. The van der Waals surface area contributed by atoms with E-state index >= 15 is 0 Å². The summed E-state index contributed by atoms with van der Waals surface area (Å²) >= 11 is 0. The second-order valence-electron chi connectivity index (χ2n) is 4.89. The lowest BCUT2D eigenvalue weighted by molar-refractivity contribution is 0.0463. The molecule has 0 spiro atoms. The van der Waals surface area contributed by atoms with Crippen LogP contribution in [0.3, 0.4) is 0 Å². The Morgan fingerprint density at radius 1 is 1.00 bits per heavy atom. The number of ether oxygens (including phenoxy) is 2. The standard InChI is InChI=1S/C17H24O4/c1-5-8-9-21-17(19)15-11-13(6-2)12(4)10-14(15)16(18)20-7-3/h10-11H,5-9H2,1-4H3.